The summed E-state index contributed by atoms with van der Waals surface area (Å²) < 4.78 is 0. The highest BCUT2D eigenvalue weighted by Gasteiger charge is 2.19. The molecule has 1 heterocycles. The molecule has 1 atom stereocenters. The SMILES string of the molecule is C=CCC(NC(=O)Cc1c(C)n[nH]c1C)C(=O)O. The van der Waals surface area contributed by atoms with E-state index in [2.05, 4.69) is 22.1 Å². The zero-order chi connectivity index (χ0) is 13.7. The minimum absolute atomic E-state index is 0.120. The van der Waals surface area contributed by atoms with E-state index in [9.17, 15) is 9.59 Å². The topological polar surface area (TPSA) is 95.1 Å². The van der Waals surface area contributed by atoms with E-state index in [1.54, 1.807) is 6.92 Å². The number of aromatic nitrogens is 2. The number of H-pyrrole nitrogens is 1. The second kappa shape index (κ2) is 6.00. The van der Waals surface area contributed by atoms with E-state index in [4.69, 9.17) is 5.11 Å². The Morgan fingerprint density at radius 1 is 1.56 bits per heavy atom. The van der Waals surface area contributed by atoms with Gasteiger partial charge >= 0.3 is 5.97 Å². The van der Waals surface area contributed by atoms with Crippen molar-refractivity contribution in [2.75, 3.05) is 0 Å². The number of carboxylic acid groups (broad SMARTS) is 1. The third-order valence-electron chi connectivity index (χ3n) is 2.65. The Morgan fingerprint density at radius 2 is 2.22 bits per heavy atom. The first kappa shape index (κ1) is 14.0. The number of hydrogen-bond acceptors (Lipinski definition) is 3. The first-order chi connectivity index (χ1) is 8.45. The predicted octanol–water partition coefficient (Wildman–Crippen LogP) is 0.715. The Balaban J connectivity index is 2.66. The molecular weight excluding hydrogens is 234 g/mol. The van der Waals surface area contributed by atoms with Crippen molar-refractivity contribution in [1.82, 2.24) is 15.5 Å². The van der Waals surface area contributed by atoms with Gasteiger partial charge in [-0.05, 0) is 20.3 Å². The second-order valence-electron chi connectivity index (χ2n) is 4.07. The van der Waals surface area contributed by atoms with E-state index in [-0.39, 0.29) is 18.7 Å². The number of aromatic amines is 1. The number of aliphatic carboxylic acids is 1. The van der Waals surface area contributed by atoms with Crippen LogP contribution in [-0.2, 0) is 16.0 Å². The minimum atomic E-state index is -1.07. The highest BCUT2D eigenvalue weighted by molar-refractivity contribution is 5.85. The van der Waals surface area contributed by atoms with Crippen molar-refractivity contribution in [3.63, 3.8) is 0 Å². The van der Waals surface area contributed by atoms with Crippen molar-refractivity contribution in [2.24, 2.45) is 0 Å². The van der Waals surface area contributed by atoms with Gasteiger partial charge < -0.3 is 10.4 Å². The fourth-order valence-electron chi connectivity index (χ4n) is 1.63. The molecule has 3 N–H and O–H groups in total. The lowest BCUT2D eigenvalue weighted by molar-refractivity contribution is -0.141. The van der Waals surface area contributed by atoms with E-state index in [1.165, 1.54) is 6.08 Å². The standard InChI is InChI=1S/C12H17N3O3/c1-4-5-10(12(17)18)13-11(16)6-9-7(2)14-15-8(9)3/h4,10H,1,5-6H2,2-3H3,(H,13,16)(H,14,15)(H,17,18). The van der Waals surface area contributed by atoms with Gasteiger partial charge in [0.15, 0.2) is 0 Å². The first-order valence-corrected chi connectivity index (χ1v) is 5.59. The summed E-state index contributed by atoms with van der Waals surface area (Å²) in [5.41, 5.74) is 2.37. The molecule has 98 valence electrons. The first-order valence-electron chi connectivity index (χ1n) is 5.59. The lowest BCUT2D eigenvalue weighted by atomic mass is 10.1. The van der Waals surface area contributed by atoms with Crippen LogP contribution in [0.5, 0.6) is 0 Å². The average molecular weight is 251 g/mol. The molecule has 6 nitrogen and oxygen atoms in total. The number of aryl methyl sites for hydroxylation is 2. The van der Waals surface area contributed by atoms with Crippen LogP contribution in [0.4, 0.5) is 0 Å². The number of nitrogens with one attached hydrogen (secondary N) is 2. The summed E-state index contributed by atoms with van der Waals surface area (Å²) in [6.07, 6.45) is 1.78. The maximum atomic E-state index is 11.8. The molecular formula is C12H17N3O3. The molecule has 0 aliphatic heterocycles. The maximum absolute atomic E-state index is 11.8. The van der Waals surface area contributed by atoms with Gasteiger partial charge in [-0.15, -0.1) is 6.58 Å². The monoisotopic (exact) mass is 251 g/mol. The van der Waals surface area contributed by atoms with Gasteiger partial charge in [0.1, 0.15) is 6.04 Å². The quantitative estimate of drug-likeness (QED) is 0.649. The summed E-state index contributed by atoms with van der Waals surface area (Å²) in [6.45, 7) is 7.08. The van der Waals surface area contributed by atoms with Crippen LogP contribution in [-0.4, -0.2) is 33.2 Å². The third-order valence-corrected chi connectivity index (χ3v) is 2.65. The van der Waals surface area contributed by atoms with Crippen molar-refractivity contribution >= 4 is 11.9 Å². The van der Waals surface area contributed by atoms with Crippen LogP contribution in [0.25, 0.3) is 0 Å². The molecule has 1 aromatic rings. The van der Waals surface area contributed by atoms with E-state index in [0.29, 0.717) is 0 Å². The van der Waals surface area contributed by atoms with Crippen molar-refractivity contribution < 1.29 is 14.7 Å². The highest BCUT2D eigenvalue weighted by atomic mass is 16.4. The van der Waals surface area contributed by atoms with E-state index in [0.717, 1.165) is 17.0 Å². The van der Waals surface area contributed by atoms with Gasteiger partial charge in [-0.2, -0.15) is 5.10 Å². The molecule has 0 bridgehead atoms. The van der Waals surface area contributed by atoms with Crippen LogP contribution in [0, 0.1) is 13.8 Å². The number of carbonyl (C=O) groups excluding carboxylic acids is 1. The largest absolute Gasteiger partial charge is 0.480 e. The Hall–Kier alpha value is -2.11. The van der Waals surface area contributed by atoms with Gasteiger partial charge in [0.25, 0.3) is 0 Å². The summed E-state index contributed by atoms with van der Waals surface area (Å²) in [5, 5.41) is 18.1. The van der Waals surface area contributed by atoms with Crippen molar-refractivity contribution in [3.05, 3.63) is 29.6 Å². The molecule has 0 saturated heterocycles. The van der Waals surface area contributed by atoms with Crippen LogP contribution >= 0.6 is 0 Å². The lowest BCUT2D eigenvalue weighted by Crippen LogP contribution is -2.41. The molecule has 1 rings (SSSR count). The van der Waals surface area contributed by atoms with Gasteiger partial charge in [0.2, 0.25) is 5.91 Å². The van der Waals surface area contributed by atoms with Gasteiger partial charge in [-0.3, -0.25) is 9.89 Å². The number of nitrogens with zero attached hydrogens (tertiary/aromatic N) is 1. The highest BCUT2D eigenvalue weighted by Crippen LogP contribution is 2.10. The normalized spacial score (nSPS) is 11.9. The molecule has 0 saturated carbocycles. The van der Waals surface area contributed by atoms with Gasteiger partial charge in [0, 0.05) is 11.3 Å². The molecule has 6 heteroatoms. The molecule has 0 spiro atoms. The molecule has 0 aliphatic rings. The maximum Gasteiger partial charge on any atom is 0.326 e. The number of rotatable bonds is 6. The van der Waals surface area contributed by atoms with E-state index < -0.39 is 12.0 Å². The molecule has 0 radical (unpaired) electrons. The van der Waals surface area contributed by atoms with E-state index in [1.807, 2.05) is 6.92 Å². The predicted molar refractivity (Wildman–Crippen MR) is 66.1 cm³/mol. The van der Waals surface area contributed by atoms with Gasteiger partial charge in [-0.1, -0.05) is 6.08 Å². The minimum Gasteiger partial charge on any atom is -0.480 e. The molecule has 18 heavy (non-hydrogen) atoms. The van der Waals surface area contributed by atoms with Crippen LogP contribution in [0.2, 0.25) is 0 Å². The summed E-state index contributed by atoms with van der Waals surface area (Å²) in [7, 11) is 0. The summed E-state index contributed by atoms with van der Waals surface area (Å²) in [4.78, 5) is 22.6. The smallest absolute Gasteiger partial charge is 0.326 e. The average Bonchev–Trinajstić information content (AvgIpc) is 2.60. The zero-order valence-electron chi connectivity index (χ0n) is 10.5. The number of carbonyl (C=O) groups is 2. The lowest BCUT2D eigenvalue weighted by Gasteiger charge is -2.12. The Kier molecular flexibility index (Phi) is 4.65. The van der Waals surface area contributed by atoms with Gasteiger partial charge in [0.05, 0.1) is 12.1 Å². The second-order valence-corrected chi connectivity index (χ2v) is 4.07. The Labute approximate surface area is 105 Å². The van der Waals surface area contributed by atoms with Crippen LogP contribution in [0.3, 0.4) is 0 Å². The number of hydrogen-bond donors (Lipinski definition) is 3. The Morgan fingerprint density at radius 3 is 2.67 bits per heavy atom. The number of carboxylic acids is 1. The molecule has 1 amide bonds. The fraction of sp³-hybridized carbons (Fsp3) is 0.417. The Bertz CT molecular complexity index is 446. The fourth-order valence-corrected chi connectivity index (χ4v) is 1.63. The van der Waals surface area contributed by atoms with Crippen molar-refractivity contribution in [1.29, 1.82) is 0 Å². The molecule has 1 unspecified atom stereocenters. The molecule has 0 aliphatic carbocycles. The van der Waals surface area contributed by atoms with Gasteiger partial charge in [-0.25, -0.2) is 4.79 Å². The third kappa shape index (κ3) is 3.44. The van der Waals surface area contributed by atoms with Crippen LogP contribution < -0.4 is 5.32 Å². The summed E-state index contributed by atoms with van der Waals surface area (Å²) in [6, 6.07) is -0.928. The van der Waals surface area contributed by atoms with Crippen molar-refractivity contribution in [2.45, 2.75) is 32.7 Å². The summed E-state index contributed by atoms with van der Waals surface area (Å²) >= 11 is 0. The zero-order valence-corrected chi connectivity index (χ0v) is 10.5. The molecule has 1 aromatic heterocycles. The molecule has 0 aromatic carbocycles. The molecule has 0 fully saturated rings. The van der Waals surface area contributed by atoms with Crippen molar-refractivity contribution in [3.8, 4) is 0 Å². The summed E-state index contributed by atoms with van der Waals surface area (Å²) in [5.74, 6) is -1.40. The number of amides is 1. The van der Waals surface area contributed by atoms with Crippen LogP contribution in [0.15, 0.2) is 12.7 Å². The van der Waals surface area contributed by atoms with Crippen LogP contribution in [0.1, 0.15) is 23.4 Å². The van der Waals surface area contributed by atoms with E-state index >= 15 is 0 Å².